The third-order valence-corrected chi connectivity index (χ3v) is 2.25. The fourth-order valence-corrected chi connectivity index (χ4v) is 1.38. The number of hydrogen-bond donors (Lipinski definition) is 1. The zero-order valence-electron chi connectivity index (χ0n) is 9.05. The average molecular weight is 203 g/mol. The minimum Gasteiger partial charge on any atom is -0.465 e. The quantitative estimate of drug-likeness (QED) is 0.588. The molecule has 0 aliphatic rings. The minimum atomic E-state index is -0.374. The molecule has 0 saturated heterocycles. The normalized spacial score (nSPS) is 9.20. The van der Waals surface area contributed by atoms with Gasteiger partial charge in [-0.05, 0) is 24.6 Å². The summed E-state index contributed by atoms with van der Waals surface area (Å²) < 4.78 is 4.68. The molecular weight excluding hydrogens is 190 g/mol. The molecule has 1 N–H and O–H groups in total. The lowest BCUT2D eigenvalue weighted by Crippen LogP contribution is -2.06. The summed E-state index contributed by atoms with van der Waals surface area (Å²) in [5.41, 5.74) is 2.83. The average Bonchev–Trinajstić information content (AvgIpc) is 2.28. The largest absolute Gasteiger partial charge is 0.465 e. The predicted octanol–water partition coefficient (Wildman–Crippen LogP) is 1.80. The van der Waals surface area contributed by atoms with Crippen molar-refractivity contribution in [3.05, 3.63) is 28.8 Å². The van der Waals surface area contributed by atoms with Gasteiger partial charge < -0.3 is 10.1 Å². The molecule has 15 heavy (non-hydrogen) atoms. The van der Waals surface area contributed by atoms with Crippen molar-refractivity contribution in [1.82, 2.24) is 0 Å². The van der Waals surface area contributed by atoms with E-state index in [1.165, 1.54) is 7.11 Å². The van der Waals surface area contributed by atoms with Crippen LogP contribution in [0, 0.1) is 19.3 Å². The molecule has 1 aromatic carbocycles. The number of esters is 1. The highest BCUT2D eigenvalue weighted by atomic mass is 16.5. The molecular formula is C12H13NO2. The van der Waals surface area contributed by atoms with Crippen LogP contribution in [-0.2, 0) is 4.74 Å². The number of carbonyl (C=O) groups is 1. The first-order valence-corrected chi connectivity index (χ1v) is 4.51. The van der Waals surface area contributed by atoms with Crippen LogP contribution < -0.4 is 5.32 Å². The molecule has 3 nitrogen and oxygen atoms in total. The molecule has 0 fully saturated rings. The summed E-state index contributed by atoms with van der Waals surface area (Å²) in [7, 11) is 3.13. The van der Waals surface area contributed by atoms with E-state index in [4.69, 9.17) is 6.42 Å². The number of rotatable bonds is 2. The van der Waals surface area contributed by atoms with E-state index < -0.39 is 0 Å². The molecule has 0 aliphatic carbocycles. The number of terminal acetylenes is 1. The number of hydrogen-bond acceptors (Lipinski definition) is 3. The Morgan fingerprint density at radius 3 is 2.67 bits per heavy atom. The van der Waals surface area contributed by atoms with Crippen molar-refractivity contribution in [3.8, 4) is 12.3 Å². The molecule has 1 aromatic rings. The topological polar surface area (TPSA) is 38.3 Å². The van der Waals surface area contributed by atoms with Gasteiger partial charge in [-0.15, -0.1) is 6.42 Å². The maximum atomic E-state index is 11.5. The van der Waals surface area contributed by atoms with E-state index in [0.29, 0.717) is 11.1 Å². The summed E-state index contributed by atoms with van der Waals surface area (Å²) in [5, 5.41) is 2.99. The third kappa shape index (κ3) is 2.10. The van der Waals surface area contributed by atoms with Crippen LogP contribution in [0.15, 0.2) is 12.1 Å². The number of benzene rings is 1. The van der Waals surface area contributed by atoms with Crippen LogP contribution in [0.25, 0.3) is 0 Å². The summed E-state index contributed by atoms with van der Waals surface area (Å²) in [6.07, 6.45) is 5.30. The standard InChI is InChI=1S/C12H13NO2/c1-5-9-6-10(12(14)15-4)8(2)11(7-9)13-3/h1,6-7,13H,2-4H3. The van der Waals surface area contributed by atoms with Crippen molar-refractivity contribution in [2.45, 2.75) is 6.92 Å². The molecule has 0 radical (unpaired) electrons. The van der Waals surface area contributed by atoms with Gasteiger partial charge in [0.1, 0.15) is 0 Å². The summed E-state index contributed by atoms with van der Waals surface area (Å²) >= 11 is 0. The van der Waals surface area contributed by atoms with E-state index >= 15 is 0 Å². The van der Waals surface area contributed by atoms with Crippen LogP contribution in [-0.4, -0.2) is 20.1 Å². The van der Waals surface area contributed by atoms with Gasteiger partial charge in [0, 0.05) is 18.3 Å². The van der Waals surface area contributed by atoms with E-state index in [9.17, 15) is 4.79 Å². The SMILES string of the molecule is C#Cc1cc(NC)c(C)c(C(=O)OC)c1. The molecule has 78 valence electrons. The summed E-state index contributed by atoms with van der Waals surface area (Å²) in [5.74, 6) is 2.13. The Hall–Kier alpha value is -1.95. The van der Waals surface area contributed by atoms with Gasteiger partial charge in [0.05, 0.1) is 12.7 Å². The summed E-state index contributed by atoms with van der Waals surface area (Å²) in [6, 6.07) is 3.48. The summed E-state index contributed by atoms with van der Waals surface area (Å²) in [4.78, 5) is 11.5. The molecule has 0 spiro atoms. The molecule has 0 aromatic heterocycles. The Kier molecular flexibility index (Phi) is 3.35. The second-order valence-corrected chi connectivity index (χ2v) is 3.08. The zero-order valence-corrected chi connectivity index (χ0v) is 9.05. The fourth-order valence-electron chi connectivity index (χ4n) is 1.38. The number of ether oxygens (including phenoxy) is 1. The molecule has 0 saturated carbocycles. The number of nitrogens with one attached hydrogen (secondary N) is 1. The maximum Gasteiger partial charge on any atom is 0.338 e. The fraction of sp³-hybridized carbons (Fsp3) is 0.250. The highest BCUT2D eigenvalue weighted by Gasteiger charge is 2.12. The van der Waals surface area contributed by atoms with Gasteiger partial charge in [-0.25, -0.2) is 4.79 Å². The first-order chi connectivity index (χ1) is 7.13. The van der Waals surface area contributed by atoms with E-state index in [-0.39, 0.29) is 5.97 Å². The number of carbonyl (C=O) groups excluding carboxylic acids is 1. The second-order valence-electron chi connectivity index (χ2n) is 3.08. The van der Waals surface area contributed by atoms with E-state index in [2.05, 4.69) is 16.0 Å². The molecule has 0 amide bonds. The number of methoxy groups -OCH3 is 1. The van der Waals surface area contributed by atoms with Gasteiger partial charge in [0.25, 0.3) is 0 Å². The number of anilines is 1. The third-order valence-electron chi connectivity index (χ3n) is 2.25. The van der Waals surface area contributed by atoms with Gasteiger partial charge in [0.15, 0.2) is 0 Å². The van der Waals surface area contributed by atoms with Crippen molar-refractivity contribution in [3.63, 3.8) is 0 Å². The Morgan fingerprint density at radius 1 is 1.53 bits per heavy atom. The van der Waals surface area contributed by atoms with Gasteiger partial charge >= 0.3 is 5.97 Å². The van der Waals surface area contributed by atoms with Gasteiger partial charge in [-0.2, -0.15) is 0 Å². The molecule has 0 heterocycles. The Bertz CT molecular complexity index is 430. The Labute approximate surface area is 89.4 Å². The smallest absolute Gasteiger partial charge is 0.338 e. The lowest BCUT2D eigenvalue weighted by molar-refractivity contribution is 0.0600. The van der Waals surface area contributed by atoms with Crippen molar-refractivity contribution < 1.29 is 9.53 Å². The molecule has 0 aliphatic heterocycles. The van der Waals surface area contributed by atoms with Crippen LogP contribution in [0.5, 0.6) is 0 Å². The monoisotopic (exact) mass is 203 g/mol. The Balaban J connectivity index is 3.38. The van der Waals surface area contributed by atoms with Crippen molar-refractivity contribution in [2.75, 3.05) is 19.5 Å². The van der Waals surface area contributed by atoms with Crippen molar-refractivity contribution in [2.24, 2.45) is 0 Å². The van der Waals surface area contributed by atoms with Gasteiger partial charge in [-0.1, -0.05) is 5.92 Å². The van der Waals surface area contributed by atoms with Crippen LogP contribution in [0.2, 0.25) is 0 Å². The first kappa shape index (κ1) is 11.1. The van der Waals surface area contributed by atoms with Gasteiger partial charge in [0.2, 0.25) is 0 Å². The van der Waals surface area contributed by atoms with E-state index in [1.54, 1.807) is 13.1 Å². The van der Waals surface area contributed by atoms with Crippen LogP contribution >= 0.6 is 0 Å². The van der Waals surface area contributed by atoms with Crippen LogP contribution in [0.1, 0.15) is 21.5 Å². The predicted molar refractivity (Wildman–Crippen MR) is 60.0 cm³/mol. The van der Waals surface area contributed by atoms with Crippen LogP contribution in [0.4, 0.5) is 5.69 Å². The second kappa shape index (κ2) is 4.52. The van der Waals surface area contributed by atoms with Gasteiger partial charge in [-0.3, -0.25) is 0 Å². The van der Waals surface area contributed by atoms with Crippen molar-refractivity contribution >= 4 is 11.7 Å². The lowest BCUT2D eigenvalue weighted by atomic mass is 10.0. The van der Waals surface area contributed by atoms with E-state index in [1.807, 2.05) is 13.0 Å². The lowest BCUT2D eigenvalue weighted by Gasteiger charge is -2.10. The Morgan fingerprint density at radius 2 is 2.20 bits per heavy atom. The highest BCUT2D eigenvalue weighted by molar-refractivity contribution is 5.93. The maximum absolute atomic E-state index is 11.5. The summed E-state index contributed by atoms with van der Waals surface area (Å²) in [6.45, 7) is 1.85. The molecule has 0 unspecified atom stereocenters. The van der Waals surface area contributed by atoms with Crippen LogP contribution in [0.3, 0.4) is 0 Å². The minimum absolute atomic E-state index is 0.374. The van der Waals surface area contributed by atoms with E-state index in [0.717, 1.165) is 11.3 Å². The molecule has 0 bridgehead atoms. The van der Waals surface area contributed by atoms with Crippen molar-refractivity contribution in [1.29, 1.82) is 0 Å². The zero-order chi connectivity index (χ0) is 11.4. The first-order valence-electron chi connectivity index (χ1n) is 4.51. The molecule has 3 heteroatoms. The molecule has 1 rings (SSSR count). The highest BCUT2D eigenvalue weighted by Crippen LogP contribution is 2.21. The molecule has 0 atom stereocenters.